The summed E-state index contributed by atoms with van der Waals surface area (Å²) in [5.74, 6) is 0. The van der Waals surface area contributed by atoms with Gasteiger partial charge in [-0.1, -0.05) is 17.7 Å². The molecular weight excluding hydrogens is 332 g/mol. The highest BCUT2D eigenvalue weighted by Gasteiger charge is 2.26. The van der Waals surface area contributed by atoms with Crippen LogP contribution < -0.4 is 4.72 Å². The van der Waals surface area contributed by atoms with Gasteiger partial charge < -0.3 is 0 Å². The average molecular weight is 343 g/mol. The van der Waals surface area contributed by atoms with Gasteiger partial charge in [-0.15, -0.1) is 11.3 Å². The highest BCUT2D eigenvalue weighted by molar-refractivity contribution is 7.89. The Balaban J connectivity index is 1.98. The minimum absolute atomic E-state index is 0.0345. The van der Waals surface area contributed by atoms with Crippen molar-refractivity contribution in [2.75, 3.05) is 0 Å². The molecule has 1 N–H and O–H groups in total. The third-order valence-electron chi connectivity index (χ3n) is 2.95. The number of thiazole rings is 1. The van der Waals surface area contributed by atoms with Crippen LogP contribution >= 0.6 is 22.9 Å². The van der Waals surface area contributed by atoms with Crippen LogP contribution in [0.1, 0.15) is 18.5 Å². The second kappa shape index (κ2) is 5.38. The third kappa shape index (κ3) is 2.67. The van der Waals surface area contributed by atoms with E-state index in [9.17, 15) is 8.42 Å². The van der Waals surface area contributed by atoms with Gasteiger partial charge >= 0.3 is 0 Å². The number of pyridine rings is 1. The molecule has 0 saturated heterocycles. The van der Waals surface area contributed by atoms with Gasteiger partial charge in [-0.3, -0.25) is 9.38 Å². The molecule has 3 heterocycles. The Morgan fingerprint density at radius 2 is 2.29 bits per heavy atom. The number of rotatable bonds is 4. The molecule has 0 saturated carbocycles. The first-order valence-corrected chi connectivity index (χ1v) is 8.76. The number of nitrogens with zero attached hydrogens (tertiary/aromatic N) is 3. The van der Waals surface area contributed by atoms with Gasteiger partial charge in [0.25, 0.3) is 10.0 Å². The molecular formula is C12H11ClN4O2S2. The van der Waals surface area contributed by atoms with Crippen LogP contribution in [0.2, 0.25) is 5.15 Å². The maximum absolute atomic E-state index is 12.5. The largest absolute Gasteiger partial charge is 0.279 e. The number of fused-ring (bicyclic) bond motifs is 1. The molecule has 0 aliphatic rings. The number of nitrogens with one attached hydrogen (secondary N) is 1. The molecule has 0 bridgehead atoms. The standard InChI is InChI=1S/C12H11ClN4O2S2/c1-8(9-3-2-4-14-7-9)16-21(18,19)11-10(13)15-12-17(11)5-6-20-12/h2-8,16H,1H3. The molecule has 0 amide bonds. The van der Waals surface area contributed by atoms with Crippen LogP contribution in [0, 0.1) is 0 Å². The van der Waals surface area contributed by atoms with Gasteiger partial charge in [0.2, 0.25) is 0 Å². The first kappa shape index (κ1) is 14.5. The van der Waals surface area contributed by atoms with E-state index in [4.69, 9.17) is 11.6 Å². The lowest BCUT2D eigenvalue weighted by Crippen LogP contribution is -2.28. The van der Waals surface area contributed by atoms with E-state index in [0.29, 0.717) is 4.96 Å². The van der Waals surface area contributed by atoms with Crippen LogP contribution in [0.25, 0.3) is 4.96 Å². The molecule has 21 heavy (non-hydrogen) atoms. The van der Waals surface area contributed by atoms with E-state index in [1.165, 1.54) is 15.7 Å². The first-order chi connectivity index (χ1) is 9.99. The predicted octanol–water partition coefficient (Wildman–Crippen LogP) is 2.48. The molecule has 9 heteroatoms. The van der Waals surface area contributed by atoms with Gasteiger partial charge in [0.05, 0.1) is 0 Å². The zero-order valence-electron chi connectivity index (χ0n) is 10.9. The summed E-state index contributed by atoms with van der Waals surface area (Å²) in [6, 6.07) is 3.13. The van der Waals surface area contributed by atoms with Crippen molar-refractivity contribution in [1.29, 1.82) is 0 Å². The minimum Gasteiger partial charge on any atom is -0.279 e. The molecule has 0 aliphatic heterocycles. The van der Waals surface area contributed by atoms with Crippen LogP contribution in [0.5, 0.6) is 0 Å². The summed E-state index contributed by atoms with van der Waals surface area (Å²) in [6.45, 7) is 1.74. The van der Waals surface area contributed by atoms with Crippen LogP contribution in [-0.4, -0.2) is 22.8 Å². The lowest BCUT2D eigenvalue weighted by atomic mass is 10.2. The van der Waals surface area contributed by atoms with E-state index in [1.54, 1.807) is 43.0 Å². The van der Waals surface area contributed by atoms with Crippen LogP contribution in [0.15, 0.2) is 41.1 Å². The van der Waals surface area contributed by atoms with E-state index in [2.05, 4.69) is 14.7 Å². The Kier molecular flexibility index (Phi) is 3.70. The molecule has 3 aromatic heterocycles. The fourth-order valence-electron chi connectivity index (χ4n) is 1.97. The summed E-state index contributed by atoms with van der Waals surface area (Å²) < 4.78 is 29.1. The fraction of sp³-hybridized carbons (Fsp3) is 0.167. The van der Waals surface area contributed by atoms with Gasteiger partial charge in [-0.05, 0) is 18.6 Å². The molecule has 0 fully saturated rings. The second-order valence-corrected chi connectivity index (χ2v) is 7.25. The van der Waals surface area contributed by atoms with Crippen molar-refractivity contribution in [1.82, 2.24) is 19.1 Å². The van der Waals surface area contributed by atoms with E-state index in [0.717, 1.165) is 5.56 Å². The Bertz CT molecular complexity index is 873. The summed E-state index contributed by atoms with van der Waals surface area (Å²) in [5.41, 5.74) is 0.767. The van der Waals surface area contributed by atoms with Crippen molar-refractivity contribution < 1.29 is 8.42 Å². The van der Waals surface area contributed by atoms with Crippen molar-refractivity contribution in [3.05, 3.63) is 46.8 Å². The quantitative estimate of drug-likeness (QED) is 0.790. The van der Waals surface area contributed by atoms with Crippen LogP contribution in [0.3, 0.4) is 0 Å². The first-order valence-electron chi connectivity index (χ1n) is 6.02. The molecule has 1 atom stereocenters. The monoisotopic (exact) mass is 342 g/mol. The lowest BCUT2D eigenvalue weighted by molar-refractivity contribution is 0.562. The summed E-state index contributed by atoms with van der Waals surface area (Å²) in [4.78, 5) is 8.55. The number of imidazole rings is 1. The van der Waals surface area contributed by atoms with Crippen molar-refractivity contribution in [2.45, 2.75) is 18.0 Å². The Labute approximate surface area is 130 Å². The number of hydrogen-bond donors (Lipinski definition) is 1. The molecule has 110 valence electrons. The Morgan fingerprint density at radius 3 is 3.00 bits per heavy atom. The molecule has 1 unspecified atom stereocenters. The molecule has 0 spiro atoms. The number of sulfonamides is 1. The normalized spacial score (nSPS) is 13.6. The fourth-order valence-corrected chi connectivity index (χ4v) is 4.65. The average Bonchev–Trinajstić information content (AvgIpc) is 2.98. The van der Waals surface area contributed by atoms with E-state index >= 15 is 0 Å². The van der Waals surface area contributed by atoms with Gasteiger partial charge in [-0.2, -0.15) is 0 Å². The smallest absolute Gasteiger partial charge is 0.260 e. The van der Waals surface area contributed by atoms with E-state index in [1.807, 2.05) is 0 Å². The van der Waals surface area contributed by atoms with Crippen LogP contribution in [-0.2, 0) is 10.0 Å². The topological polar surface area (TPSA) is 76.4 Å². The number of halogens is 1. The predicted molar refractivity (Wildman–Crippen MR) is 81.1 cm³/mol. The summed E-state index contributed by atoms with van der Waals surface area (Å²) in [7, 11) is -3.79. The molecule has 3 aromatic rings. The zero-order valence-corrected chi connectivity index (χ0v) is 13.3. The van der Waals surface area contributed by atoms with Crippen molar-refractivity contribution >= 4 is 37.9 Å². The Morgan fingerprint density at radius 1 is 1.48 bits per heavy atom. The molecule has 6 nitrogen and oxygen atoms in total. The van der Waals surface area contributed by atoms with E-state index in [-0.39, 0.29) is 10.2 Å². The van der Waals surface area contributed by atoms with Gasteiger partial charge in [-0.25, -0.2) is 18.1 Å². The summed E-state index contributed by atoms with van der Waals surface area (Å²) >= 11 is 7.29. The molecule has 0 radical (unpaired) electrons. The van der Waals surface area contributed by atoms with Crippen LogP contribution in [0.4, 0.5) is 0 Å². The highest BCUT2D eigenvalue weighted by atomic mass is 35.5. The van der Waals surface area contributed by atoms with Crippen molar-refractivity contribution in [3.8, 4) is 0 Å². The second-order valence-electron chi connectivity index (χ2n) is 4.39. The maximum atomic E-state index is 12.5. The lowest BCUT2D eigenvalue weighted by Gasteiger charge is -2.13. The number of aromatic nitrogens is 3. The maximum Gasteiger partial charge on any atom is 0.260 e. The van der Waals surface area contributed by atoms with Crippen molar-refractivity contribution in [2.24, 2.45) is 0 Å². The van der Waals surface area contributed by atoms with Gasteiger partial charge in [0, 0.05) is 30.0 Å². The van der Waals surface area contributed by atoms with Gasteiger partial charge in [0.15, 0.2) is 15.1 Å². The zero-order chi connectivity index (χ0) is 15.0. The summed E-state index contributed by atoms with van der Waals surface area (Å²) in [6.07, 6.45) is 4.88. The third-order valence-corrected chi connectivity index (χ3v) is 5.64. The van der Waals surface area contributed by atoms with E-state index < -0.39 is 16.1 Å². The Hall–Kier alpha value is -1.48. The molecule has 0 aliphatic carbocycles. The summed E-state index contributed by atoms with van der Waals surface area (Å²) in [5, 5.41) is 1.67. The highest BCUT2D eigenvalue weighted by Crippen LogP contribution is 2.26. The van der Waals surface area contributed by atoms with Crippen molar-refractivity contribution in [3.63, 3.8) is 0 Å². The SMILES string of the molecule is CC(NS(=O)(=O)c1c(Cl)nc2sccn12)c1cccnc1. The van der Waals surface area contributed by atoms with Gasteiger partial charge in [0.1, 0.15) is 0 Å². The number of hydrogen-bond acceptors (Lipinski definition) is 5. The molecule has 0 aromatic carbocycles. The minimum atomic E-state index is -3.79. The molecule has 3 rings (SSSR count).